The summed E-state index contributed by atoms with van der Waals surface area (Å²) in [4.78, 5) is 11.7. The van der Waals surface area contributed by atoms with E-state index in [9.17, 15) is 4.79 Å². The van der Waals surface area contributed by atoms with Crippen LogP contribution in [0.3, 0.4) is 0 Å². The lowest BCUT2D eigenvalue weighted by Crippen LogP contribution is -2.34. The van der Waals surface area contributed by atoms with Crippen LogP contribution in [0.5, 0.6) is 5.75 Å². The molecule has 1 saturated heterocycles. The molecular formula is C13H17NO2. The number of esters is 1. The molecule has 1 aromatic rings. The van der Waals surface area contributed by atoms with Crippen molar-refractivity contribution in [3.05, 3.63) is 29.8 Å². The minimum atomic E-state index is -0.165. The second-order valence-electron chi connectivity index (χ2n) is 4.07. The van der Waals surface area contributed by atoms with Crippen LogP contribution < -0.4 is 10.1 Å². The summed E-state index contributed by atoms with van der Waals surface area (Å²) in [6.45, 7) is 3.01. The molecule has 1 atom stereocenters. The number of carbonyl (C=O) groups excluding carboxylic acids is 1. The van der Waals surface area contributed by atoms with Gasteiger partial charge < -0.3 is 10.1 Å². The van der Waals surface area contributed by atoms with E-state index in [2.05, 4.69) is 12.2 Å². The Labute approximate surface area is 95.8 Å². The lowest BCUT2D eigenvalue weighted by Gasteiger charge is -2.10. The second kappa shape index (κ2) is 5.12. The van der Waals surface area contributed by atoms with Crippen LogP contribution in [0.2, 0.25) is 0 Å². The summed E-state index contributed by atoms with van der Waals surface area (Å²) in [6, 6.07) is 7.57. The molecule has 0 spiro atoms. The van der Waals surface area contributed by atoms with E-state index < -0.39 is 0 Å². The van der Waals surface area contributed by atoms with Crippen molar-refractivity contribution in [2.24, 2.45) is 0 Å². The van der Waals surface area contributed by atoms with Gasteiger partial charge >= 0.3 is 5.97 Å². The molecule has 1 heterocycles. The first-order valence-corrected chi connectivity index (χ1v) is 5.83. The number of carbonyl (C=O) groups is 1. The standard InChI is InChI=1S/C13H17NO2/c1-2-10-5-7-11(8-6-10)16-13(15)12-4-3-9-14-12/h5-8,12,14H,2-4,9H2,1H3. The Balaban J connectivity index is 1.94. The molecule has 0 saturated carbocycles. The van der Waals surface area contributed by atoms with Gasteiger partial charge in [0.15, 0.2) is 0 Å². The first kappa shape index (κ1) is 11.1. The predicted octanol–water partition coefficient (Wildman–Crippen LogP) is 1.91. The van der Waals surface area contributed by atoms with Crippen LogP contribution >= 0.6 is 0 Å². The van der Waals surface area contributed by atoms with Gasteiger partial charge in [-0.15, -0.1) is 0 Å². The molecule has 1 unspecified atom stereocenters. The first-order chi connectivity index (χ1) is 7.79. The van der Waals surface area contributed by atoms with Gasteiger partial charge in [0.1, 0.15) is 11.8 Å². The van der Waals surface area contributed by atoms with Crippen molar-refractivity contribution in [3.63, 3.8) is 0 Å². The third kappa shape index (κ3) is 2.61. The van der Waals surface area contributed by atoms with E-state index in [4.69, 9.17) is 4.74 Å². The van der Waals surface area contributed by atoms with E-state index >= 15 is 0 Å². The van der Waals surface area contributed by atoms with Crippen molar-refractivity contribution in [2.75, 3.05) is 6.54 Å². The van der Waals surface area contributed by atoms with E-state index in [1.54, 1.807) is 0 Å². The molecule has 1 aliphatic rings. The molecule has 1 aromatic carbocycles. The third-order valence-electron chi connectivity index (χ3n) is 2.89. The summed E-state index contributed by atoms with van der Waals surface area (Å²) in [7, 11) is 0. The smallest absolute Gasteiger partial charge is 0.328 e. The fourth-order valence-corrected chi connectivity index (χ4v) is 1.87. The van der Waals surface area contributed by atoms with Gasteiger partial charge in [-0.05, 0) is 43.5 Å². The molecule has 0 bridgehead atoms. The topological polar surface area (TPSA) is 38.3 Å². The third-order valence-corrected chi connectivity index (χ3v) is 2.89. The average molecular weight is 219 g/mol. The predicted molar refractivity (Wildman–Crippen MR) is 62.5 cm³/mol. The number of hydrogen-bond acceptors (Lipinski definition) is 3. The molecule has 16 heavy (non-hydrogen) atoms. The Morgan fingerprint density at radius 1 is 1.44 bits per heavy atom. The van der Waals surface area contributed by atoms with Gasteiger partial charge in [0.25, 0.3) is 0 Å². The number of nitrogens with one attached hydrogen (secondary N) is 1. The maximum Gasteiger partial charge on any atom is 0.328 e. The quantitative estimate of drug-likeness (QED) is 0.623. The van der Waals surface area contributed by atoms with Crippen molar-refractivity contribution in [1.29, 1.82) is 0 Å². The Kier molecular flexibility index (Phi) is 3.57. The highest BCUT2D eigenvalue weighted by Crippen LogP contribution is 2.15. The second-order valence-corrected chi connectivity index (χ2v) is 4.07. The van der Waals surface area contributed by atoms with E-state index in [1.807, 2.05) is 24.3 Å². The monoisotopic (exact) mass is 219 g/mol. The van der Waals surface area contributed by atoms with Crippen molar-refractivity contribution in [1.82, 2.24) is 5.32 Å². The minimum Gasteiger partial charge on any atom is -0.425 e. The fourth-order valence-electron chi connectivity index (χ4n) is 1.87. The van der Waals surface area contributed by atoms with Crippen LogP contribution in [0, 0.1) is 0 Å². The molecule has 0 amide bonds. The van der Waals surface area contributed by atoms with Crippen LogP contribution in [0.25, 0.3) is 0 Å². The van der Waals surface area contributed by atoms with Gasteiger partial charge in [-0.25, -0.2) is 4.79 Å². The van der Waals surface area contributed by atoms with E-state index in [0.717, 1.165) is 25.8 Å². The maximum absolute atomic E-state index is 11.7. The number of aryl methyl sites for hydroxylation is 1. The summed E-state index contributed by atoms with van der Waals surface area (Å²) in [5.74, 6) is 0.470. The Morgan fingerprint density at radius 2 is 2.19 bits per heavy atom. The van der Waals surface area contributed by atoms with Crippen molar-refractivity contribution >= 4 is 5.97 Å². The molecule has 2 rings (SSSR count). The molecule has 1 aliphatic heterocycles. The highest BCUT2D eigenvalue weighted by atomic mass is 16.5. The highest BCUT2D eigenvalue weighted by molar-refractivity contribution is 5.78. The van der Waals surface area contributed by atoms with Gasteiger partial charge in [-0.2, -0.15) is 0 Å². The summed E-state index contributed by atoms with van der Waals surface area (Å²) < 4.78 is 5.30. The van der Waals surface area contributed by atoms with Crippen LogP contribution in [-0.2, 0) is 11.2 Å². The molecule has 1 N–H and O–H groups in total. The van der Waals surface area contributed by atoms with E-state index in [-0.39, 0.29) is 12.0 Å². The Hall–Kier alpha value is -1.35. The molecule has 86 valence electrons. The normalized spacial score (nSPS) is 19.7. The highest BCUT2D eigenvalue weighted by Gasteiger charge is 2.23. The zero-order valence-corrected chi connectivity index (χ0v) is 9.53. The summed E-state index contributed by atoms with van der Waals surface area (Å²) in [5.41, 5.74) is 1.25. The zero-order chi connectivity index (χ0) is 11.4. The van der Waals surface area contributed by atoms with E-state index in [1.165, 1.54) is 5.56 Å². The number of rotatable bonds is 3. The minimum absolute atomic E-state index is 0.120. The summed E-state index contributed by atoms with van der Waals surface area (Å²) >= 11 is 0. The Bertz CT molecular complexity index is 353. The largest absolute Gasteiger partial charge is 0.425 e. The molecule has 3 nitrogen and oxygen atoms in total. The van der Waals surface area contributed by atoms with Gasteiger partial charge in [0.2, 0.25) is 0 Å². The van der Waals surface area contributed by atoms with Crippen LogP contribution in [0.4, 0.5) is 0 Å². The number of benzene rings is 1. The first-order valence-electron chi connectivity index (χ1n) is 5.83. The molecule has 0 radical (unpaired) electrons. The number of hydrogen-bond donors (Lipinski definition) is 1. The molecular weight excluding hydrogens is 202 g/mol. The van der Waals surface area contributed by atoms with Gasteiger partial charge in [0, 0.05) is 0 Å². The van der Waals surface area contributed by atoms with Crippen molar-refractivity contribution in [2.45, 2.75) is 32.2 Å². The molecule has 1 fully saturated rings. The van der Waals surface area contributed by atoms with Crippen LogP contribution in [-0.4, -0.2) is 18.6 Å². The van der Waals surface area contributed by atoms with Gasteiger partial charge in [-0.3, -0.25) is 0 Å². The van der Waals surface area contributed by atoms with E-state index in [0.29, 0.717) is 5.75 Å². The van der Waals surface area contributed by atoms with Crippen molar-refractivity contribution < 1.29 is 9.53 Å². The Morgan fingerprint density at radius 3 is 2.75 bits per heavy atom. The molecule has 0 aliphatic carbocycles. The summed E-state index contributed by atoms with van der Waals surface area (Å²) in [6.07, 6.45) is 2.93. The average Bonchev–Trinajstić information content (AvgIpc) is 2.83. The van der Waals surface area contributed by atoms with Gasteiger partial charge in [-0.1, -0.05) is 19.1 Å². The fraction of sp³-hybridized carbons (Fsp3) is 0.462. The van der Waals surface area contributed by atoms with Crippen molar-refractivity contribution in [3.8, 4) is 5.75 Å². The van der Waals surface area contributed by atoms with Crippen LogP contribution in [0.15, 0.2) is 24.3 Å². The molecule has 0 aromatic heterocycles. The molecule has 3 heteroatoms. The van der Waals surface area contributed by atoms with Crippen LogP contribution in [0.1, 0.15) is 25.3 Å². The van der Waals surface area contributed by atoms with Gasteiger partial charge in [0.05, 0.1) is 0 Å². The summed E-state index contributed by atoms with van der Waals surface area (Å²) in [5, 5.41) is 3.12. The SMILES string of the molecule is CCc1ccc(OC(=O)C2CCCN2)cc1. The lowest BCUT2D eigenvalue weighted by molar-refractivity contribution is -0.136. The zero-order valence-electron chi connectivity index (χ0n) is 9.53. The lowest BCUT2D eigenvalue weighted by atomic mass is 10.2. The maximum atomic E-state index is 11.7. The number of ether oxygens (including phenoxy) is 1.